The Bertz CT molecular complexity index is 504. The smallest absolute Gasteiger partial charge is 0.150 e. The highest BCUT2D eigenvalue weighted by atomic mass is 79.9. The predicted molar refractivity (Wildman–Crippen MR) is 64.7 cm³/mol. The number of benzene rings is 1. The number of halogens is 1. The molecular weight excluding hydrogens is 256 g/mol. The van der Waals surface area contributed by atoms with Crippen LogP contribution in [-0.2, 0) is 0 Å². The van der Waals surface area contributed by atoms with E-state index in [2.05, 4.69) is 20.9 Å². The van der Waals surface area contributed by atoms with Crippen molar-refractivity contribution in [2.75, 3.05) is 11.6 Å². The molecule has 0 saturated heterocycles. The standard InChI is InChI=1S/C10H11BrN4/c1-6-14-9(10(12)15(6)13)7-3-2-4-8(11)5-7/h2-5H,12-13H2,1H3. The van der Waals surface area contributed by atoms with Crippen LogP contribution in [0.2, 0.25) is 0 Å². The van der Waals surface area contributed by atoms with E-state index < -0.39 is 0 Å². The van der Waals surface area contributed by atoms with Gasteiger partial charge in [-0.05, 0) is 19.1 Å². The quantitative estimate of drug-likeness (QED) is 0.775. The zero-order valence-corrected chi connectivity index (χ0v) is 9.82. The van der Waals surface area contributed by atoms with Gasteiger partial charge in [-0.25, -0.2) is 9.66 Å². The fourth-order valence-corrected chi connectivity index (χ4v) is 1.81. The molecule has 1 aromatic heterocycles. The van der Waals surface area contributed by atoms with Gasteiger partial charge in [-0.3, -0.25) is 0 Å². The second kappa shape index (κ2) is 3.58. The van der Waals surface area contributed by atoms with E-state index in [-0.39, 0.29) is 0 Å². The summed E-state index contributed by atoms with van der Waals surface area (Å²) in [6, 6.07) is 7.79. The monoisotopic (exact) mass is 266 g/mol. The van der Waals surface area contributed by atoms with Crippen molar-refractivity contribution in [2.45, 2.75) is 6.92 Å². The van der Waals surface area contributed by atoms with E-state index in [1.54, 1.807) is 0 Å². The van der Waals surface area contributed by atoms with Gasteiger partial charge >= 0.3 is 0 Å². The molecule has 1 heterocycles. The Balaban J connectivity index is 2.59. The number of hydrogen-bond acceptors (Lipinski definition) is 3. The molecule has 0 bridgehead atoms. The number of nitrogen functional groups attached to an aromatic ring is 2. The molecule has 0 fully saturated rings. The van der Waals surface area contributed by atoms with Crippen LogP contribution < -0.4 is 11.6 Å². The molecule has 15 heavy (non-hydrogen) atoms. The second-order valence-corrected chi connectivity index (χ2v) is 4.19. The Hall–Kier alpha value is -1.49. The molecule has 78 valence electrons. The van der Waals surface area contributed by atoms with Crippen LogP contribution in [-0.4, -0.2) is 9.66 Å². The summed E-state index contributed by atoms with van der Waals surface area (Å²) in [4.78, 5) is 4.31. The highest BCUT2D eigenvalue weighted by Gasteiger charge is 2.11. The van der Waals surface area contributed by atoms with Crippen LogP contribution in [0.4, 0.5) is 5.82 Å². The van der Waals surface area contributed by atoms with E-state index in [0.29, 0.717) is 11.6 Å². The maximum absolute atomic E-state index is 5.85. The molecule has 5 heteroatoms. The summed E-state index contributed by atoms with van der Waals surface area (Å²) < 4.78 is 2.37. The Morgan fingerprint density at radius 2 is 2.13 bits per heavy atom. The van der Waals surface area contributed by atoms with E-state index in [1.807, 2.05) is 31.2 Å². The molecular formula is C10H11BrN4. The summed E-state index contributed by atoms with van der Waals surface area (Å²) >= 11 is 3.40. The molecule has 2 rings (SSSR count). The highest BCUT2D eigenvalue weighted by molar-refractivity contribution is 9.10. The number of hydrogen-bond donors (Lipinski definition) is 2. The summed E-state index contributed by atoms with van der Waals surface area (Å²) in [5.74, 6) is 6.87. The normalized spacial score (nSPS) is 10.5. The van der Waals surface area contributed by atoms with Crippen LogP contribution >= 0.6 is 15.9 Å². The van der Waals surface area contributed by atoms with E-state index in [0.717, 1.165) is 15.7 Å². The fourth-order valence-electron chi connectivity index (χ4n) is 1.41. The van der Waals surface area contributed by atoms with Crippen molar-refractivity contribution in [1.82, 2.24) is 9.66 Å². The number of anilines is 1. The minimum Gasteiger partial charge on any atom is -0.382 e. The molecule has 2 aromatic rings. The third kappa shape index (κ3) is 1.70. The average molecular weight is 267 g/mol. The average Bonchev–Trinajstić information content (AvgIpc) is 2.46. The third-order valence-electron chi connectivity index (χ3n) is 2.22. The molecule has 0 saturated carbocycles. The van der Waals surface area contributed by atoms with E-state index >= 15 is 0 Å². The largest absolute Gasteiger partial charge is 0.382 e. The van der Waals surface area contributed by atoms with Gasteiger partial charge in [0.25, 0.3) is 0 Å². The van der Waals surface area contributed by atoms with Crippen LogP contribution in [0.1, 0.15) is 5.82 Å². The minimum atomic E-state index is 0.477. The zero-order chi connectivity index (χ0) is 11.0. The first kappa shape index (κ1) is 10.0. The van der Waals surface area contributed by atoms with Gasteiger partial charge in [0.1, 0.15) is 11.5 Å². The lowest BCUT2D eigenvalue weighted by Crippen LogP contribution is -2.13. The van der Waals surface area contributed by atoms with Crippen molar-refractivity contribution in [3.63, 3.8) is 0 Å². The van der Waals surface area contributed by atoms with Crippen molar-refractivity contribution in [3.05, 3.63) is 34.6 Å². The minimum absolute atomic E-state index is 0.477. The molecule has 0 aliphatic carbocycles. The maximum atomic E-state index is 5.85. The fraction of sp³-hybridized carbons (Fsp3) is 0.100. The molecule has 0 aliphatic heterocycles. The Kier molecular flexibility index (Phi) is 2.40. The van der Waals surface area contributed by atoms with Crippen molar-refractivity contribution < 1.29 is 0 Å². The van der Waals surface area contributed by atoms with Gasteiger partial charge in [-0.2, -0.15) is 0 Å². The van der Waals surface area contributed by atoms with Crippen molar-refractivity contribution in [2.24, 2.45) is 0 Å². The second-order valence-electron chi connectivity index (χ2n) is 3.27. The first-order valence-electron chi connectivity index (χ1n) is 4.45. The number of imidazole rings is 1. The van der Waals surface area contributed by atoms with Crippen LogP contribution in [0.25, 0.3) is 11.3 Å². The molecule has 0 unspecified atom stereocenters. The molecule has 0 spiro atoms. The third-order valence-corrected chi connectivity index (χ3v) is 2.72. The lowest BCUT2D eigenvalue weighted by molar-refractivity contribution is 0.937. The summed E-state index contributed by atoms with van der Waals surface area (Å²) in [5, 5.41) is 0. The van der Waals surface area contributed by atoms with Gasteiger partial charge in [-0.1, -0.05) is 28.1 Å². The number of rotatable bonds is 1. The highest BCUT2D eigenvalue weighted by Crippen LogP contribution is 2.26. The van der Waals surface area contributed by atoms with Gasteiger partial charge < -0.3 is 11.6 Å². The maximum Gasteiger partial charge on any atom is 0.150 e. The zero-order valence-electron chi connectivity index (χ0n) is 8.24. The molecule has 4 N–H and O–H groups in total. The molecule has 0 amide bonds. The van der Waals surface area contributed by atoms with E-state index in [4.69, 9.17) is 11.6 Å². The number of nitrogens with two attached hydrogens (primary N) is 2. The van der Waals surface area contributed by atoms with Crippen molar-refractivity contribution in [1.29, 1.82) is 0 Å². The first-order valence-corrected chi connectivity index (χ1v) is 5.24. The Morgan fingerprint density at radius 1 is 1.40 bits per heavy atom. The molecule has 0 radical (unpaired) electrons. The van der Waals surface area contributed by atoms with Gasteiger partial charge in [0.15, 0.2) is 5.82 Å². The summed E-state index contributed by atoms with van der Waals surface area (Å²) in [6.45, 7) is 1.82. The topological polar surface area (TPSA) is 69.9 Å². The lowest BCUT2D eigenvalue weighted by Gasteiger charge is -2.00. The number of aromatic nitrogens is 2. The van der Waals surface area contributed by atoms with Crippen molar-refractivity contribution >= 4 is 21.7 Å². The molecule has 1 aromatic carbocycles. The lowest BCUT2D eigenvalue weighted by atomic mass is 10.1. The number of aryl methyl sites for hydroxylation is 1. The van der Waals surface area contributed by atoms with Crippen molar-refractivity contribution in [3.8, 4) is 11.3 Å². The van der Waals surface area contributed by atoms with Gasteiger partial charge in [0.2, 0.25) is 0 Å². The SMILES string of the molecule is Cc1nc(-c2cccc(Br)c2)c(N)n1N. The Labute approximate surface area is 96.0 Å². The van der Waals surface area contributed by atoms with Gasteiger partial charge in [0, 0.05) is 10.0 Å². The van der Waals surface area contributed by atoms with Gasteiger partial charge in [-0.15, -0.1) is 0 Å². The molecule has 0 atom stereocenters. The van der Waals surface area contributed by atoms with Crippen LogP contribution in [0.5, 0.6) is 0 Å². The summed E-state index contributed by atoms with van der Waals surface area (Å²) in [5.41, 5.74) is 7.52. The number of nitrogens with zero attached hydrogens (tertiary/aromatic N) is 2. The predicted octanol–water partition coefficient (Wildman–Crippen LogP) is 1.92. The van der Waals surface area contributed by atoms with Crippen LogP contribution in [0, 0.1) is 6.92 Å². The summed E-state index contributed by atoms with van der Waals surface area (Å²) in [7, 11) is 0. The van der Waals surface area contributed by atoms with Crippen LogP contribution in [0.15, 0.2) is 28.7 Å². The first-order chi connectivity index (χ1) is 7.09. The molecule has 4 nitrogen and oxygen atoms in total. The Morgan fingerprint density at radius 3 is 2.67 bits per heavy atom. The van der Waals surface area contributed by atoms with E-state index in [9.17, 15) is 0 Å². The summed E-state index contributed by atoms with van der Waals surface area (Å²) in [6.07, 6.45) is 0. The van der Waals surface area contributed by atoms with Crippen LogP contribution in [0.3, 0.4) is 0 Å². The van der Waals surface area contributed by atoms with E-state index in [1.165, 1.54) is 4.68 Å². The van der Waals surface area contributed by atoms with Gasteiger partial charge in [0.05, 0.1) is 0 Å². The molecule has 0 aliphatic rings.